The fourth-order valence-corrected chi connectivity index (χ4v) is 6.51. The lowest BCUT2D eigenvalue weighted by atomic mass is 10.1. The number of Topliss-reactive ketones (excluding diaryl/α,β-unsaturated/α-hetero) is 1. The second kappa shape index (κ2) is 11.4. The maximum absolute atomic E-state index is 13.5. The van der Waals surface area contributed by atoms with Crippen LogP contribution in [0.5, 0.6) is 0 Å². The molecule has 0 radical (unpaired) electrons. The molecule has 218 valence electrons. The number of hydrogen-bond acceptors (Lipinski definition) is 5. The van der Waals surface area contributed by atoms with Crippen LogP contribution in [0.1, 0.15) is 59.0 Å². The average Bonchev–Trinajstić information content (AvgIpc) is 3.57. The summed E-state index contributed by atoms with van der Waals surface area (Å²) in [5.74, 6) is -0.147. The maximum atomic E-state index is 13.5. The smallest absolute Gasteiger partial charge is 0.257 e. The van der Waals surface area contributed by atoms with Crippen molar-refractivity contribution in [3.63, 3.8) is 0 Å². The van der Waals surface area contributed by atoms with Crippen molar-refractivity contribution in [3.05, 3.63) is 76.7 Å². The van der Waals surface area contributed by atoms with Gasteiger partial charge in [-0.2, -0.15) is 5.10 Å². The number of carbonyl (C=O) groups is 3. The first-order valence-corrected chi connectivity index (χ1v) is 14.9. The van der Waals surface area contributed by atoms with E-state index in [0.717, 1.165) is 49.2 Å². The van der Waals surface area contributed by atoms with Crippen molar-refractivity contribution in [2.24, 2.45) is 0 Å². The number of likely N-dealkylation sites (N-methyl/N-ethyl adjacent to an activating group) is 1. The van der Waals surface area contributed by atoms with Gasteiger partial charge in [0.25, 0.3) is 5.91 Å². The number of nitrogens with one attached hydrogen (secondary N) is 1. The van der Waals surface area contributed by atoms with Gasteiger partial charge in [0.15, 0.2) is 5.78 Å². The fraction of sp³-hybridized carbons (Fsp3) is 0.375. The molecule has 2 aliphatic rings. The molecule has 10 heteroatoms. The SMILES string of the molecule is CCCC(=O)c1cnn(-c2ccc(NC(=O)c3cn(CC(=O)N4CC5CCC(C4)N5C)c4ccc(Cl)cc34)cc2)c1C. The summed E-state index contributed by atoms with van der Waals surface area (Å²) in [6, 6.07) is 13.6. The van der Waals surface area contributed by atoms with Crippen molar-refractivity contribution in [2.45, 2.75) is 58.2 Å². The second-order valence-corrected chi connectivity index (χ2v) is 11.8. The van der Waals surface area contributed by atoms with Gasteiger partial charge in [-0.25, -0.2) is 4.68 Å². The first-order chi connectivity index (χ1) is 20.2. The Morgan fingerprint density at radius 1 is 1.02 bits per heavy atom. The minimum atomic E-state index is -0.290. The first-order valence-electron chi connectivity index (χ1n) is 14.5. The van der Waals surface area contributed by atoms with E-state index in [0.29, 0.717) is 45.7 Å². The lowest BCUT2D eigenvalue weighted by molar-refractivity contribution is -0.134. The Labute approximate surface area is 250 Å². The molecule has 2 aromatic carbocycles. The van der Waals surface area contributed by atoms with Crippen LogP contribution in [0.25, 0.3) is 16.6 Å². The number of piperazine rings is 1. The average molecular weight is 587 g/mol. The molecule has 2 aliphatic heterocycles. The quantitative estimate of drug-likeness (QED) is 0.282. The van der Waals surface area contributed by atoms with Gasteiger partial charge >= 0.3 is 0 Å². The molecular weight excluding hydrogens is 552 g/mol. The lowest BCUT2D eigenvalue weighted by Crippen LogP contribution is -2.54. The molecule has 1 N–H and O–H groups in total. The molecule has 2 atom stereocenters. The molecule has 2 aromatic heterocycles. The number of anilines is 1. The molecule has 9 nitrogen and oxygen atoms in total. The van der Waals surface area contributed by atoms with Gasteiger partial charge in [-0.15, -0.1) is 0 Å². The number of amides is 2. The number of ketones is 1. The summed E-state index contributed by atoms with van der Waals surface area (Å²) in [5, 5.41) is 8.60. The van der Waals surface area contributed by atoms with Gasteiger partial charge in [-0.05, 0) is 75.7 Å². The van der Waals surface area contributed by atoms with E-state index in [1.165, 1.54) is 0 Å². The second-order valence-electron chi connectivity index (χ2n) is 11.4. The zero-order chi connectivity index (χ0) is 29.5. The van der Waals surface area contributed by atoms with Crippen molar-refractivity contribution in [1.29, 1.82) is 0 Å². The molecule has 2 saturated heterocycles. The van der Waals surface area contributed by atoms with Gasteiger partial charge in [0.1, 0.15) is 6.54 Å². The summed E-state index contributed by atoms with van der Waals surface area (Å²) < 4.78 is 3.58. The Morgan fingerprint density at radius 2 is 1.74 bits per heavy atom. The molecule has 2 bridgehead atoms. The fourth-order valence-electron chi connectivity index (χ4n) is 6.33. The van der Waals surface area contributed by atoms with Crippen LogP contribution >= 0.6 is 11.6 Å². The Hall–Kier alpha value is -3.95. The summed E-state index contributed by atoms with van der Waals surface area (Å²) in [4.78, 5) is 43.6. The van der Waals surface area contributed by atoms with Crippen molar-refractivity contribution in [2.75, 3.05) is 25.5 Å². The van der Waals surface area contributed by atoms with Crippen molar-refractivity contribution in [1.82, 2.24) is 24.1 Å². The van der Waals surface area contributed by atoms with Crippen LogP contribution in [-0.4, -0.2) is 74.0 Å². The minimum absolute atomic E-state index is 0.0582. The van der Waals surface area contributed by atoms with Crippen LogP contribution < -0.4 is 5.32 Å². The van der Waals surface area contributed by atoms with E-state index in [4.69, 9.17) is 11.6 Å². The Morgan fingerprint density at radius 3 is 2.43 bits per heavy atom. The van der Waals surface area contributed by atoms with E-state index < -0.39 is 0 Å². The van der Waals surface area contributed by atoms with Crippen LogP contribution in [0.15, 0.2) is 54.9 Å². The van der Waals surface area contributed by atoms with Gasteiger partial charge in [-0.3, -0.25) is 19.3 Å². The Kier molecular flexibility index (Phi) is 7.64. The number of rotatable bonds is 8. The van der Waals surface area contributed by atoms with Crippen molar-refractivity contribution < 1.29 is 14.4 Å². The number of fused-ring (bicyclic) bond motifs is 3. The van der Waals surface area contributed by atoms with Crippen LogP contribution in [0.3, 0.4) is 0 Å². The van der Waals surface area contributed by atoms with E-state index in [9.17, 15) is 14.4 Å². The van der Waals surface area contributed by atoms with Gasteiger partial charge in [0.05, 0.1) is 28.7 Å². The van der Waals surface area contributed by atoms with Crippen LogP contribution in [0.2, 0.25) is 5.02 Å². The molecule has 2 unspecified atom stereocenters. The van der Waals surface area contributed by atoms with Crippen LogP contribution in [0, 0.1) is 6.92 Å². The number of benzene rings is 2. The minimum Gasteiger partial charge on any atom is -0.338 e. The largest absolute Gasteiger partial charge is 0.338 e. The number of hydrogen-bond donors (Lipinski definition) is 1. The monoisotopic (exact) mass is 586 g/mol. The molecule has 2 amide bonds. The Balaban J connectivity index is 1.20. The van der Waals surface area contributed by atoms with Gasteiger partial charge in [-0.1, -0.05) is 18.5 Å². The van der Waals surface area contributed by atoms with E-state index in [1.807, 2.05) is 41.5 Å². The van der Waals surface area contributed by atoms with Gasteiger partial charge in [0.2, 0.25) is 5.91 Å². The molecule has 2 fully saturated rings. The molecule has 42 heavy (non-hydrogen) atoms. The number of aromatic nitrogens is 3. The zero-order valence-electron chi connectivity index (χ0n) is 24.1. The van der Waals surface area contributed by atoms with Gasteiger partial charge < -0.3 is 14.8 Å². The van der Waals surface area contributed by atoms with E-state index >= 15 is 0 Å². The topological polar surface area (TPSA) is 92.5 Å². The third kappa shape index (κ3) is 5.23. The maximum Gasteiger partial charge on any atom is 0.257 e. The highest BCUT2D eigenvalue weighted by Gasteiger charge is 2.39. The third-order valence-corrected chi connectivity index (χ3v) is 8.99. The van der Waals surface area contributed by atoms with E-state index in [1.54, 1.807) is 41.3 Å². The highest BCUT2D eigenvalue weighted by molar-refractivity contribution is 6.31. The molecule has 0 saturated carbocycles. The van der Waals surface area contributed by atoms with E-state index in [2.05, 4.69) is 22.4 Å². The predicted molar refractivity (Wildman–Crippen MR) is 164 cm³/mol. The number of halogens is 1. The van der Waals surface area contributed by atoms with Gasteiger partial charge in [0, 0.05) is 59.4 Å². The summed E-state index contributed by atoms with van der Waals surface area (Å²) >= 11 is 6.32. The third-order valence-electron chi connectivity index (χ3n) is 8.75. The number of carbonyl (C=O) groups excluding carboxylic acids is 3. The first kappa shape index (κ1) is 28.2. The number of likely N-dealkylation sites (tertiary alicyclic amines) is 1. The van der Waals surface area contributed by atoms with Crippen LogP contribution in [-0.2, 0) is 11.3 Å². The number of nitrogens with zero attached hydrogens (tertiary/aromatic N) is 5. The molecule has 0 aliphatic carbocycles. The summed E-state index contributed by atoms with van der Waals surface area (Å²) in [6.07, 6.45) is 6.89. The molecule has 0 spiro atoms. The predicted octanol–water partition coefficient (Wildman–Crippen LogP) is 5.33. The van der Waals surface area contributed by atoms with E-state index in [-0.39, 0.29) is 24.1 Å². The van der Waals surface area contributed by atoms with Crippen molar-refractivity contribution >= 4 is 45.8 Å². The molecule has 4 aromatic rings. The normalized spacial score (nSPS) is 18.5. The summed E-state index contributed by atoms with van der Waals surface area (Å²) in [6.45, 7) is 5.51. The molecular formula is C32H35ClN6O3. The Bertz CT molecular complexity index is 1660. The molecule has 6 rings (SSSR count). The zero-order valence-corrected chi connectivity index (χ0v) is 24.9. The molecule has 4 heterocycles. The highest BCUT2D eigenvalue weighted by Crippen LogP contribution is 2.30. The highest BCUT2D eigenvalue weighted by atomic mass is 35.5. The van der Waals surface area contributed by atoms with Crippen molar-refractivity contribution in [3.8, 4) is 5.69 Å². The summed E-state index contributed by atoms with van der Waals surface area (Å²) in [5.41, 5.74) is 4.05. The van der Waals surface area contributed by atoms with Crippen LogP contribution in [0.4, 0.5) is 5.69 Å². The standard InChI is InChI=1S/C32H35ClN6O3/c1-4-5-30(40)27-15-34-39(20(27)2)23-9-7-22(8-10-23)35-32(42)28-18-37(29-13-6-21(33)14-26(28)29)19-31(41)38-16-24-11-12-25(17-38)36(24)3/h6-10,13-15,18,24-25H,4-5,11-12,16-17,19H2,1-3H3,(H,35,42). The summed E-state index contributed by atoms with van der Waals surface area (Å²) in [7, 11) is 2.15. The lowest BCUT2D eigenvalue weighted by Gasteiger charge is -2.39.